The van der Waals surface area contributed by atoms with Gasteiger partial charge in [0.2, 0.25) is 0 Å². The number of nitrogens with zero attached hydrogens (tertiary/aromatic N) is 2. The van der Waals surface area contributed by atoms with Crippen LogP contribution >= 0.6 is 11.3 Å². The van der Waals surface area contributed by atoms with E-state index in [1.807, 2.05) is 6.92 Å². The summed E-state index contributed by atoms with van der Waals surface area (Å²) in [5, 5.41) is 3.22. The lowest BCUT2D eigenvalue weighted by atomic mass is 10.0. The molecule has 2 saturated heterocycles. The van der Waals surface area contributed by atoms with Gasteiger partial charge in [0.25, 0.3) is 0 Å². The van der Waals surface area contributed by atoms with Gasteiger partial charge in [0.05, 0.1) is 36.6 Å². The second-order valence-corrected chi connectivity index (χ2v) is 7.44. The Morgan fingerprint density at radius 1 is 1.45 bits per heavy atom. The zero-order chi connectivity index (χ0) is 13.5. The van der Waals surface area contributed by atoms with Gasteiger partial charge in [0, 0.05) is 30.4 Å². The fourth-order valence-corrected chi connectivity index (χ4v) is 4.08. The first-order valence-electron chi connectivity index (χ1n) is 7.64. The van der Waals surface area contributed by atoms with Crippen LogP contribution in [0.1, 0.15) is 23.5 Å². The number of hydrogen-bond acceptors (Lipinski definition) is 5. The number of fused-ring (bicyclic) bond motifs is 1. The molecule has 20 heavy (non-hydrogen) atoms. The van der Waals surface area contributed by atoms with Crippen LogP contribution < -0.4 is 0 Å². The summed E-state index contributed by atoms with van der Waals surface area (Å²) in [5.74, 6) is 1.50. The van der Waals surface area contributed by atoms with Crippen LogP contribution in [0.3, 0.4) is 0 Å². The van der Waals surface area contributed by atoms with Crippen LogP contribution in [0.5, 0.6) is 0 Å². The molecule has 0 unspecified atom stereocenters. The quantitative estimate of drug-likeness (QED) is 0.833. The molecule has 1 aromatic rings. The van der Waals surface area contributed by atoms with Crippen LogP contribution in [0.25, 0.3) is 0 Å². The first-order chi connectivity index (χ1) is 9.79. The van der Waals surface area contributed by atoms with Crippen molar-refractivity contribution in [2.45, 2.75) is 38.5 Å². The Balaban J connectivity index is 1.37. The molecule has 4 nitrogen and oxygen atoms in total. The van der Waals surface area contributed by atoms with Crippen molar-refractivity contribution in [1.82, 2.24) is 9.88 Å². The maximum Gasteiger partial charge on any atom is 0.0901 e. The van der Waals surface area contributed by atoms with Crippen LogP contribution in [0, 0.1) is 18.8 Å². The Kier molecular flexibility index (Phi) is 3.54. The average molecular weight is 294 g/mol. The predicted molar refractivity (Wildman–Crippen MR) is 77.8 cm³/mol. The van der Waals surface area contributed by atoms with Crippen LogP contribution in [-0.2, 0) is 16.1 Å². The van der Waals surface area contributed by atoms with Crippen molar-refractivity contribution in [2.75, 3.05) is 26.3 Å². The molecule has 0 amide bonds. The highest BCUT2D eigenvalue weighted by Crippen LogP contribution is 2.37. The molecule has 0 aromatic carbocycles. The van der Waals surface area contributed by atoms with Gasteiger partial charge in [-0.25, -0.2) is 4.98 Å². The van der Waals surface area contributed by atoms with Crippen molar-refractivity contribution < 1.29 is 9.47 Å². The van der Waals surface area contributed by atoms with Gasteiger partial charge in [-0.05, 0) is 25.7 Å². The molecule has 3 atom stereocenters. The molecule has 0 radical (unpaired) electrons. The Hall–Kier alpha value is -0.490. The van der Waals surface area contributed by atoms with Crippen molar-refractivity contribution >= 4 is 11.3 Å². The highest BCUT2D eigenvalue weighted by molar-refractivity contribution is 7.09. The Labute approximate surface area is 124 Å². The summed E-state index contributed by atoms with van der Waals surface area (Å²) >= 11 is 1.70. The standard InChI is InChI=1S/C15H22N2O2S/c1-10-16-12(9-20-10)6-19-15-5-17(4-11-2-3-11)14-8-18-7-13(14)15/h9,11,13-15H,2-8H2,1H3/t13-,14+,15-/m0/s1. The van der Waals surface area contributed by atoms with Crippen molar-refractivity contribution in [3.8, 4) is 0 Å². The molecule has 0 N–H and O–H groups in total. The van der Waals surface area contributed by atoms with Gasteiger partial charge in [0.1, 0.15) is 0 Å². The number of rotatable bonds is 5. The van der Waals surface area contributed by atoms with Crippen LogP contribution in [0.2, 0.25) is 0 Å². The average Bonchev–Trinajstić information content (AvgIpc) is 2.86. The van der Waals surface area contributed by atoms with E-state index in [4.69, 9.17) is 9.47 Å². The van der Waals surface area contributed by atoms with Gasteiger partial charge < -0.3 is 9.47 Å². The van der Waals surface area contributed by atoms with E-state index in [2.05, 4.69) is 15.3 Å². The molecule has 110 valence electrons. The van der Waals surface area contributed by atoms with Crippen molar-refractivity contribution in [3.63, 3.8) is 0 Å². The third-order valence-electron chi connectivity index (χ3n) is 4.76. The minimum Gasteiger partial charge on any atom is -0.379 e. The molecule has 3 fully saturated rings. The number of likely N-dealkylation sites (tertiary alicyclic amines) is 1. The van der Waals surface area contributed by atoms with Crippen LogP contribution in [0.4, 0.5) is 0 Å². The minimum atomic E-state index is 0.322. The van der Waals surface area contributed by atoms with E-state index in [0.29, 0.717) is 24.7 Å². The molecule has 3 heterocycles. The van der Waals surface area contributed by atoms with Crippen molar-refractivity contribution in [3.05, 3.63) is 16.1 Å². The minimum absolute atomic E-state index is 0.322. The maximum absolute atomic E-state index is 6.17. The molecule has 1 saturated carbocycles. The topological polar surface area (TPSA) is 34.6 Å². The largest absolute Gasteiger partial charge is 0.379 e. The van der Waals surface area contributed by atoms with E-state index in [0.717, 1.165) is 36.4 Å². The molecular formula is C15H22N2O2S. The normalized spacial score (nSPS) is 33.8. The lowest BCUT2D eigenvalue weighted by molar-refractivity contribution is 0.00779. The smallest absolute Gasteiger partial charge is 0.0901 e. The number of ether oxygens (including phenoxy) is 2. The zero-order valence-corrected chi connectivity index (χ0v) is 12.8. The number of aryl methyl sites for hydroxylation is 1. The van der Waals surface area contributed by atoms with Gasteiger partial charge in [-0.1, -0.05) is 0 Å². The summed E-state index contributed by atoms with van der Waals surface area (Å²) in [6.45, 7) is 6.79. The van der Waals surface area contributed by atoms with E-state index < -0.39 is 0 Å². The third-order valence-corrected chi connectivity index (χ3v) is 5.58. The predicted octanol–water partition coefficient (Wildman–Crippen LogP) is 2.08. The summed E-state index contributed by atoms with van der Waals surface area (Å²) in [5.41, 5.74) is 1.07. The molecule has 1 aliphatic carbocycles. The third kappa shape index (κ3) is 2.64. The van der Waals surface area contributed by atoms with E-state index in [9.17, 15) is 0 Å². The Bertz CT molecular complexity index is 474. The molecule has 2 aliphatic heterocycles. The molecule has 3 aliphatic rings. The molecule has 0 spiro atoms. The SMILES string of the molecule is Cc1nc(CO[C@H]2CN(CC3CC3)[C@@H]3COC[C@H]23)cs1. The van der Waals surface area contributed by atoms with E-state index in [-0.39, 0.29) is 0 Å². The second kappa shape index (κ2) is 5.37. The summed E-state index contributed by atoms with van der Waals surface area (Å²) < 4.78 is 11.9. The highest BCUT2D eigenvalue weighted by atomic mass is 32.1. The molecule has 5 heteroatoms. The lowest BCUT2D eigenvalue weighted by Gasteiger charge is -2.21. The van der Waals surface area contributed by atoms with Gasteiger partial charge >= 0.3 is 0 Å². The zero-order valence-electron chi connectivity index (χ0n) is 12.0. The first kappa shape index (κ1) is 13.2. The monoisotopic (exact) mass is 294 g/mol. The first-order valence-corrected chi connectivity index (χ1v) is 8.52. The van der Waals surface area contributed by atoms with Crippen molar-refractivity contribution in [1.29, 1.82) is 0 Å². The summed E-state index contributed by atoms with van der Waals surface area (Å²) in [6, 6.07) is 0.595. The van der Waals surface area contributed by atoms with Crippen LogP contribution in [0.15, 0.2) is 5.38 Å². The number of thiazole rings is 1. The molecule has 0 bridgehead atoms. The lowest BCUT2D eigenvalue weighted by Crippen LogP contribution is -2.34. The number of hydrogen-bond donors (Lipinski definition) is 0. The number of aromatic nitrogens is 1. The van der Waals surface area contributed by atoms with E-state index >= 15 is 0 Å². The van der Waals surface area contributed by atoms with Crippen molar-refractivity contribution in [2.24, 2.45) is 11.8 Å². The van der Waals surface area contributed by atoms with Gasteiger partial charge in [-0.15, -0.1) is 11.3 Å². The van der Waals surface area contributed by atoms with E-state index in [1.165, 1.54) is 19.4 Å². The Morgan fingerprint density at radius 2 is 2.35 bits per heavy atom. The summed E-state index contributed by atoms with van der Waals surface area (Å²) in [6.07, 6.45) is 3.15. The fourth-order valence-electron chi connectivity index (χ4n) is 3.48. The molecular weight excluding hydrogens is 272 g/mol. The summed E-state index contributed by atoms with van der Waals surface area (Å²) in [7, 11) is 0. The van der Waals surface area contributed by atoms with Crippen LogP contribution in [-0.4, -0.2) is 48.3 Å². The van der Waals surface area contributed by atoms with E-state index in [1.54, 1.807) is 11.3 Å². The maximum atomic E-state index is 6.17. The fraction of sp³-hybridized carbons (Fsp3) is 0.800. The summed E-state index contributed by atoms with van der Waals surface area (Å²) in [4.78, 5) is 7.10. The Morgan fingerprint density at radius 3 is 3.10 bits per heavy atom. The van der Waals surface area contributed by atoms with Gasteiger partial charge in [-0.2, -0.15) is 0 Å². The van der Waals surface area contributed by atoms with Gasteiger partial charge in [0.15, 0.2) is 0 Å². The highest BCUT2D eigenvalue weighted by Gasteiger charge is 2.47. The van der Waals surface area contributed by atoms with Gasteiger partial charge in [-0.3, -0.25) is 4.90 Å². The molecule has 4 rings (SSSR count). The second-order valence-electron chi connectivity index (χ2n) is 6.37. The molecule has 1 aromatic heterocycles.